The maximum absolute atomic E-state index is 9.73. The maximum Gasteiger partial charge on any atom is 0.126 e. The van der Waals surface area contributed by atoms with Gasteiger partial charge in [-0.25, -0.2) is 0 Å². The summed E-state index contributed by atoms with van der Waals surface area (Å²) in [5.74, 6) is 0. The molecule has 0 aromatic carbocycles. The minimum Gasteiger partial charge on any atom is -1.00 e. The van der Waals surface area contributed by atoms with Crippen LogP contribution in [-0.4, -0.2) is 113 Å². The van der Waals surface area contributed by atoms with E-state index >= 15 is 0 Å². The average Bonchev–Trinajstić information content (AvgIpc) is 2.17. The molecule has 138 valence electrons. The number of nitrogens with zero attached hydrogens (tertiary/aromatic N) is 2. The van der Waals surface area contributed by atoms with Crippen LogP contribution in [0, 0.1) is 0 Å². The van der Waals surface area contributed by atoms with Crippen LogP contribution in [0.4, 0.5) is 0 Å². The van der Waals surface area contributed by atoms with Gasteiger partial charge in [0.2, 0.25) is 0 Å². The van der Waals surface area contributed by atoms with Crippen LogP contribution in [0.3, 0.4) is 0 Å². The molecule has 6 nitrogen and oxygen atoms in total. The highest BCUT2D eigenvalue weighted by Gasteiger charge is 2.16. The molecule has 0 fully saturated rings. The van der Waals surface area contributed by atoms with Crippen molar-refractivity contribution >= 4 is 0 Å². The first-order valence-electron chi connectivity index (χ1n) is 7.12. The SMILES string of the molecule is C[N+](C)(C)CC(O)COCCOCC(O)C[N+](C)(C)C.[Cl-].[Cl-]. The predicted octanol–water partition coefficient (Wildman–Crippen LogP) is -6.84. The lowest BCUT2D eigenvalue weighted by Crippen LogP contribution is -3.00. The van der Waals surface area contributed by atoms with Crippen LogP contribution in [0.25, 0.3) is 0 Å². The zero-order valence-electron chi connectivity index (χ0n) is 14.8. The molecule has 0 saturated carbocycles. The number of ether oxygens (including phenoxy) is 2. The molecule has 0 radical (unpaired) electrons. The highest BCUT2D eigenvalue weighted by atomic mass is 35.5. The molecule has 0 aliphatic heterocycles. The number of aliphatic hydroxyl groups is 2. The summed E-state index contributed by atoms with van der Waals surface area (Å²) in [6, 6.07) is 0. The highest BCUT2D eigenvalue weighted by Crippen LogP contribution is 1.97. The molecule has 0 bridgehead atoms. The number of aliphatic hydroxyl groups excluding tert-OH is 2. The summed E-state index contributed by atoms with van der Waals surface area (Å²) in [6.07, 6.45) is -0.919. The molecular formula is C14H34Cl2N2O4. The van der Waals surface area contributed by atoms with Crippen LogP contribution in [0.1, 0.15) is 0 Å². The van der Waals surface area contributed by atoms with Crippen LogP contribution in [-0.2, 0) is 9.47 Å². The zero-order valence-corrected chi connectivity index (χ0v) is 16.3. The van der Waals surface area contributed by atoms with E-state index in [1.807, 2.05) is 42.3 Å². The summed E-state index contributed by atoms with van der Waals surface area (Å²) in [7, 11) is 12.2. The lowest BCUT2D eigenvalue weighted by Gasteiger charge is -2.27. The smallest absolute Gasteiger partial charge is 0.126 e. The first-order valence-corrected chi connectivity index (χ1v) is 7.12. The number of quaternary nitrogens is 2. The summed E-state index contributed by atoms with van der Waals surface area (Å²) in [5, 5.41) is 19.5. The second-order valence-electron chi connectivity index (χ2n) is 7.40. The van der Waals surface area contributed by atoms with Crippen molar-refractivity contribution in [2.75, 3.05) is 81.8 Å². The molecule has 2 N–H and O–H groups in total. The fraction of sp³-hybridized carbons (Fsp3) is 1.00. The molecule has 2 atom stereocenters. The average molecular weight is 365 g/mol. The Morgan fingerprint density at radius 2 is 0.955 bits per heavy atom. The molecule has 8 heteroatoms. The molecule has 2 unspecified atom stereocenters. The Hall–Kier alpha value is 0.340. The number of hydrogen-bond donors (Lipinski definition) is 2. The molecule has 22 heavy (non-hydrogen) atoms. The minimum absolute atomic E-state index is 0. The molecule has 0 aliphatic carbocycles. The van der Waals surface area contributed by atoms with Crippen LogP contribution in [0.2, 0.25) is 0 Å². The molecule has 0 aliphatic rings. The van der Waals surface area contributed by atoms with Gasteiger partial charge in [-0.15, -0.1) is 0 Å². The Morgan fingerprint density at radius 3 is 1.18 bits per heavy atom. The predicted molar refractivity (Wildman–Crippen MR) is 79.5 cm³/mol. The van der Waals surface area contributed by atoms with E-state index < -0.39 is 12.2 Å². The van der Waals surface area contributed by atoms with E-state index in [-0.39, 0.29) is 24.8 Å². The van der Waals surface area contributed by atoms with Gasteiger partial charge in [-0.3, -0.25) is 0 Å². The Bertz CT molecular complexity index is 232. The van der Waals surface area contributed by atoms with Gasteiger partial charge < -0.3 is 53.5 Å². The summed E-state index contributed by atoms with van der Waals surface area (Å²) in [4.78, 5) is 0. The fourth-order valence-corrected chi connectivity index (χ4v) is 1.93. The largest absolute Gasteiger partial charge is 1.00 e. The van der Waals surface area contributed by atoms with Crippen molar-refractivity contribution < 1.29 is 53.5 Å². The Kier molecular flexibility index (Phi) is 15.7. The molecule has 0 heterocycles. The fourth-order valence-electron chi connectivity index (χ4n) is 1.93. The van der Waals surface area contributed by atoms with Crippen molar-refractivity contribution in [3.8, 4) is 0 Å². The van der Waals surface area contributed by atoms with Crippen molar-refractivity contribution in [3.05, 3.63) is 0 Å². The normalized spacial score (nSPS) is 14.7. The van der Waals surface area contributed by atoms with E-state index in [4.69, 9.17) is 9.47 Å². The number of hydrogen-bond acceptors (Lipinski definition) is 4. The van der Waals surface area contributed by atoms with Gasteiger partial charge in [-0.1, -0.05) is 0 Å². The lowest BCUT2D eigenvalue weighted by atomic mass is 10.3. The lowest BCUT2D eigenvalue weighted by molar-refractivity contribution is -0.873. The second kappa shape index (κ2) is 12.7. The van der Waals surface area contributed by atoms with Crippen molar-refractivity contribution in [3.63, 3.8) is 0 Å². The van der Waals surface area contributed by atoms with E-state index in [1.54, 1.807) is 0 Å². The van der Waals surface area contributed by atoms with Crippen molar-refractivity contribution in [2.24, 2.45) is 0 Å². The van der Waals surface area contributed by atoms with Gasteiger partial charge >= 0.3 is 0 Å². The van der Waals surface area contributed by atoms with Crippen LogP contribution >= 0.6 is 0 Å². The molecule has 0 rings (SSSR count). The van der Waals surface area contributed by atoms with Crippen LogP contribution in [0.5, 0.6) is 0 Å². The molecule has 0 amide bonds. The van der Waals surface area contributed by atoms with Gasteiger partial charge in [-0.05, 0) is 0 Å². The molecule has 0 aromatic heterocycles. The number of halogens is 2. The highest BCUT2D eigenvalue weighted by molar-refractivity contribution is 4.52. The van der Waals surface area contributed by atoms with Crippen LogP contribution < -0.4 is 24.8 Å². The molecule has 0 aromatic rings. The Labute approximate surface area is 148 Å². The van der Waals surface area contributed by atoms with E-state index in [9.17, 15) is 10.2 Å². The number of likely N-dealkylation sites (N-methyl/N-ethyl adjacent to an activating group) is 2. The van der Waals surface area contributed by atoms with Crippen molar-refractivity contribution in [2.45, 2.75) is 12.2 Å². The third-order valence-corrected chi connectivity index (χ3v) is 2.51. The van der Waals surface area contributed by atoms with Crippen molar-refractivity contribution in [1.82, 2.24) is 0 Å². The van der Waals surface area contributed by atoms with Gasteiger partial charge in [-0.2, -0.15) is 0 Å². The molecule has 0 saturated heterocycles. The van der Waals surface area contributed by atoms with E-state index in [0.717, 1.165) is 0 Å². The van der Waals surface area contributed by atoms with Gasteiger partial charge in [0, 0.05) is 0 Å². The zero-order chi connectivity index (χ0) is 15.8. The second-order valence-corrected chi connectivity index (χ2v) is 7.40. The summed E-state index contributed by atoms with van der Waals surface area (Å²) in [5.41, 5.74) is 0. The van der Waals surface area contributed by atoms with E-state index in [1.165, 1.54) is 0 Å². The first-order chi connectivity index (χ1) is 8.99. The Morgan fingerprint density at radius 1 is 0.682 bits per heavy atom. The maximum atomic E-state index is 9.73. The minimum atomic E-state index is -0.459. The standard InChI is InChI=1S/C14H34N2O4.2ClH/c1-15(2,3)9-13(17)11-19-7-8-20-12-14(18)10-16(4,5)6;;/h13-14,17-18H,7-12H2,1-6H3;2*1H/q+2;;/p-2. The number of rotatable bonds is 11. The van der Waals surface area contributed by atoms with Gasteiger partial charge in [0.15, 0.2) is 0 Å². The Balaban J connectivity index is -0.00000180. The first kappa shape index (κ1) is 27.2. The van der Waals surface area contributed by atoms with Gasteiger partial charge in [0.1, 0.15) is 25.3 Å². The van der Waals surface area contributed by atoms with Crippen LogP contribution in [0.15, 0.2) is 0 Å². The van der Waals surface area contributed by atoms with E-state index in [0.29, 0.717) is 48.5 Å². The van der Waals surface area contributed by atoms with E-state index in [2.05, 4.69) is 0 Å². The summed E-state index contributed by atoms with van der Waals surface area (Å²) < 4.78 is 12.1. The third-order valence-electron chi connectivity index (χ3n) is 2.51. The van der Waals surface area contributed by atoms with Crippen molar-refractivity contribution in [1.29, 1.82) is 0 Å². The monoisotopic (exact) mass is 364 g/mol. The molecule has 0 spiro atoms. The molecular weight excluding hydrogens is 331 g/mol. The summed E-state index contributed by atoms with van der Waals surface area (Å²) in [6.45, 7) is 2.82. The summed E-state index contributed by atoms with van der Waals surface area (Å²) >= 11 is 0. The van der Waals surface area contributed by atoms with Gasteiger partial charge in [0.05, 0.1) is 68.7 Å². The van der Waals surface area contributed by atoms with Gasteiger partial charge in [0.25, 0.3) is 0 Å². The third kappa shape index (κ3) is 20.3. The topological polar surface area (TPSA) is 58.9 Å². The quantitative estimate of drug-likeness (QED) is 0.282.